The van der Waals surface area contributed by atoms with Gasteiger partial charge >= 0.3 is 0 Å². The third-order valence-electron chi connectivity index (χ3n) is 4.36. The second-order valence-electron chi connectivity index (χ2n) is 6.83. The first-order valence-corrected chi connectivity index (χ1v) is 8.98. The van der Waals surface area contributed by atoms with Crippen LogP contribution in [0.25, 0.3) is 0 Å². The fraction of sp³-hybridized carbons (Fsp3) is 0.474. The summed E-state index contributed by atoms with van der Waals surface area (Å²) in [4.78, 5) is 16.8. The van der Waals surface area contributed by atoms with E-state index in [-0.39, 0.29) is 5.91 Å². The number of rotatable bonds is 7. The number of hydrogen-bond acceptors (Lipinski definition) is 5. The van der Waals surface area contributed by atoms with Crippen molar-refractivity contribution in [2.45, 2.75) is 13.1 Å². The number of morpholine rings is 1. The fourth-order valence-electron chi connectivity index (χ4n) is 2.95. The lowest BCUT2D eigenvalue weighted by molar-refractivity contribution is 0.0360. The molecule has 0 radical (unpaired) electrons. The summed E-state index contributed by atoms with van der Waals surface area (Å²) >= 11 is 0. The molecule has 2 heterocycles. The van der Waals surface area contributed by atoms with Crippen LogP contribution < -0.4 is 5.32 Å². The minimum absolute atomic E-state index is 0.117. The molecule has 140 valence electrons. The largest absolute Gasteiger partial charge is 0.379 e. The van der Waals surface area contributed by atoms with Crippen LogP contribution in [-0.2, 0) is 17.8 Å². The van der Waals surface area contributed by atoms with Crippen LogP contribution in [0.1, 0.15) is 15.9 Å². The molecular formula is C19H27N5O2. The summed E-state index contributed by atoms with van der Waals surface area (Å²) in [5.41, 5.74) is 2.55. The lowest BCUT2D eigenvalue weighted by atomic mass is 10.1. The quantitative estimate of drug-likeness (QED) is 0.814. The van der Waals surface area contributed by atoms with Crippen molar-refractivity contribution in [1.82, 2.24) is 19.6 Å². The Kier molecular flexibility index (Phi) is 6.38. The number of benzene rings is 1. The molecule has 1 aromatic carbocycles. The summed E-state index contributed by atoms with van der Waals surface area (Å²) in [6.07, 6.45) is 3.57. The zero-order valence-corrected chi connectivity index (χ0v) is 15.5. The Bertz CT molecular complexity index is 705. The molecule has 0 bridgehead atoms. The van der Waals surface area contributed by atoms with Gasteiger partial charge in [0.25, 0.3) is 5.91 Å². The van der Waals surface area contributed by atoms with E-state index in [1.54, 1.807) is 6.20 Å². The van der Waals surface area contributed by atoms with Crippen LogP contribution in [0, 0.1) is 0 Å². The van der Waals surface area contributed by atoms with Gasteiger partial charge in [-0.1, -0.05) is 12.1 Å². The summed E-state index contributed by atoms with van der Waals surface area (Å²) in [6, 6.07) is 7.69. The molecule has 26 heavy (non-hydrogen) atoms. The first kappa shape index (κ1) is 18.6. The topological polar surface area (TPSA) is 62.6 Å². The van der Waals surface area contributed by atoms with E-state index in [1.165, 1.54) is 5.56 Å². The van der Waals surface area contributed by atoms with Crippen molar-refractivity contribution in [3.8, 4) is 0 Å². The number of amides is 1. The summed E-state index contributed by atoms with van der Waals surface area (Å²) in [5.74, 6) is -0.117. The predicted octanol–water partition coefficient (Wildman–Crippen LogP) is 1.53. The highest BCUT2D eigenvalue weighted by Gasteiger charge is 2.11. The smallest absolute Gasteiger partial charge is 0.255 e. The van der Waals surface area contributed by atoms with Crippen LogP contribution in [0.3, 0.4) is 0 Å². The second kappa shape index (κ2) is 8.93. The third kappa shape index (κ3) is 5.39. The Morgan fingerprint density at radius 3 is 2.62 bits per heavy atom. The van der Waals surface area contributed by atoms with Gasteiger partial charge in [-0.05, 0) is 31.8 Å². The number of anilines is 1. The van der Waals surface area contributed by atoms with E-state index in [1.807, 2.05) is 49.2 Å². The normalized spacial score (nSPS) is 15.3. The van der Waals surface area contributed by atoms with Crippen molar-refractivity contribution < 1.29 is 9.53 Å². The number of ether oxygens (including phenoxy) is 1. The molecule has 2 aromatic rings. The van der Waals surface area contributed by atoms with Crippen LogP contribution in [0.4, 0.5) is 5.69 Å². The summed E-state index contributed by atoms with van der Waals surface area (Å²) in [5, 5.41) is 7.24. The van der Waals surface area contributed by atoms with Crippen molar-refractivity contribution in [1.29, 1.82) is 0 Å². The minimum atomic E-state index is -0.117. The van der Waals surface area contributed by atoms with Crippen molar-refractivity contribution >= 4 is 11.6 Å². The molecule has 0 unspecified atom stereocenters. The van der Waals surface area contributed by atoms with Crippen LogP contribution >= 0.6 is 0 Å². The molecule has 3 rings (SSSR count). The molecule has 1 aliphatic heterocycles. The van der Waals surface area contributed by atoms with Crippen molar-refractivity contribution in [3.05, 3.63) is 47.8 Å². The molecule has 0 atom stereocenters. The molecule has 0 aliphatic carbocycles. The third-order valence-corrected chi connectivity index (χ3v) is 4.36. The van der Waals surface area contributed by atoms with Crippen molar-refractivity contribution in [2.75, 3.05) is 52.3 Å². The predicted molar refractivity (Wildman–Crippen MR) is 101 cm³/mol. The number of hydrogen-bond donors (Lipinski definition) is 1. The van der Waals surface area contributed by atoms with Crippen molar-refractivity contribution in [2.24, 2.45) is 0 Å². The Morgan fingerprint density at radius 2 is 1.92 bits per heavy atom. The first-order chi connectivity index (χ1) is 12.6. The SMILES string of the molecule is CN(C)Cc1ccc(C(=O)Nc2cnn(CCN3CCOCC3)c2)cc1. The number of aromatic nitrogens is 2. The maximum atomic E-state index is 12.4. The lowest BCUT2D eigenvalue weighted by Gasteiger charge is -2.26. The molecule has 1 saturated heterocycles. The van der Waals surface area contributed by atoms with Crippen molar-refractivity contribution in [3.63, 3.8) is 0 Å². The van der Waals surface area contributed by atoms with Gasteiger partial charge in [0, 0.05) is 37.9 Å². The molecule has 1 aliphatic rings. The Balaban J connectivity index is 1.50. The Labute approximate surface area is 154 Å². The molecule has 1 fully saturated rings. The monoisotopic (exact) mass is 357 g/mol. The van der Waals surface area contributed by atoms with Gasteiger partial charge in [-0.3, -0.25) is 14.4 Å². The molecule has 7 heteroatoms. The molecular weight excluding hydrogens is 330 g/mol. The molecule has 1 amide bonds. The molecule has 1 aromatic heterocycles. The summed E-state index contributed by atoms with van der Waals surface area (Å²) < 4.78 is 7.22. The highest BCUT2D eigenvalue weighted by atomic mass is 16.5. The number of carbonyl (C=O) groups is 1. The van der Waals surface area contributed by atoms with Gasteiger partial charge in [0.2, 0.25) is 0 Å². The minimum Gasteiger partial charge on any atom is -0.379 e. The standard InChI is InChI=1S/C19H27N5O2/c1-22(2)14-16-3-5-17(6-4-16)19(25)21-18-13-20-24(15-18)8-7-23-9-11-26-12-10-23/h3-6,13,15H,7-12,14H2,1-2H3,(H,21,25). The van der Waals surface area contributed by atoms with Gasteiger partial charge in [0.15, 0.2) is 0 Å². The van der Waals surface area contributed by atoms with Gasteiger partial charge in [-0.25, -0.2) is 0 Å². The van der Waals surface area contributed by atoms with E-state index in [4.69, 9.17) is 4.74 Å². The molecule has 0 spiro atoms. The average molecular weight is 357 g/mol. The first-order valence-electron chi connectivity index (χ1n) is 8.98. The average Bonchev–Trinajstić information content (AvgIpc) is 3.08. The Morgan fingerprint density at radius 1 is 1.19 bits per heavy atom. The maximum Gasteiger partial charge on any atom is 0.255 e. The Hall–Kier alpha value is -2.22. The number of carbonyl (C=O) groups excluding carboxylic acids is 1. The van der Waals surface area contributed by atoms with Gasteiger partial charge in [0.05, 0.1) is 31.6 Å². The fourth-order valence-corrected chi connectivity index (χ4v) is 2.95. The van der Waals surface area contributed by atoms with Crippen LogP contribution in [0.15, 0.2) is 36.7 Å². The van der Waals surface area contributed by atoms with Crippen LogP contribution in [0.2, 0.25) is 0 Å². The lowest BCUT2D eigenvalue weighted by Crippen LogP contribution is -2.38. The number of nitrogens with one attached hydrogen (secondary N) is 1. The summed E-state index contributed by atoms with van der Waals surface area (Å²) in [6.45, 7) is 6.13. The van der Waals surface area contributed by atoms with Gasteiger partial charge in [-0.2, -0.15) is 5.10 Å². The van der Waals surface area contributed by atoms with Crippen LogP contribution in [-0.4, -0.2) is 72.4 Å². The maximum absolute atomic E-state index is 12.4. The zero-order valence-electron chi connectivity index (χ0n) is 15.5. The summed E-state index contributed by atoms with van der Waals surface area (Å²) in [7, 11) is 4.05. The van der Waals surface area contributed by atoms with E-state index in [0.29, 0.717) is 11.3 Å². The molecule has 0 saturated carbocycles. The highest BCUT2D eigenvalue weighted by molar-refractivity contribution is 6.04. The van der Waals surface area contributed by atoms with E-state index < -0.39 is 0 Å². The van der Waals surface area contributed by atoms with Gasteiger partial charge in [-0.15, -0.1) is 0 Å². The molecule has 1 N–H and O–H groups in total. The zero-order chi connectivity index (χ0) is 18.4. The molecule has 7 nitrogen and oxygen atoms in total. The second-order valence-corrected chi connectivity index (χ2v) is 6.83. The van der Waals surface area contributed by atoms with E-state index in [0.717, 1.165) is 45.9 Å². The number of nitrogens with zero attached hydrogens (tertiary/aromatic N) is 4. The van der Waals surface area contributed by atoms with E-state index in [9.17, 15) is 4.79 Å². The highest BCUT2D eigenvalue weighted by Crippen LogP contribution is 2.11. The van der Waals surface area contributed by atoms with E-state index in [2.05, 4.69) is 20.2 Å². The van der Waals surface area contributed by atoms with E-state index >= 15 is 0 Å². The van der Waals surface area contributed by atoms with Crippen LogP contribution in [0.5, 0.6) is 0 Å². The van der Waals surface area contributed by atoms with Gasteiger partial charge in [0.1, 0.15) is 0 Å². The van der Waals surface area contributed by atoms with Gasteiger partial charge < -0.3 is 15.0 Å².